The molecule has 0 unspecified atom stereocenters. The van der Waals surface area contributed by atoms with Crippen LogP contribution < -0.4 is 4.74 Å². The van der Waals surface area contributed by atoms with Crippen LogP contribution in [-0.4, -0.2) is 12.4 Å². The Hall–Kier alpha value is -1.61. The van der Waals surface area contributed by atoms with Gasteiger partial charge in [0.05, 0.1) is 17.0 Å². The van der Waals surface area contributed by atoms with E-state index in [-0.39, 0.29) is 5.78 Å². The van der Waals surface area contributed by atoms with Gasteiger partial charge in [0, 0.05) is 0 Å². The van der Waals surface area contributed by atoms with Crippen molar-refractivity contribution in [3.8, 4) is 5.75 Å². The quantitative estimate of drug-likeness (QED) is 0.769. The van der Waals surface area contributed by atoms with Crippen molar-refractivity contribution in [1.29, 1.82) is 0 Å². The van der Waals surface area contributed by atoms with Crippen LogP contribution in [0.5, 0.6) is 5.75 Å². The lowest BCUT2D eigenvalue weighted by atomic mass is 10.1. The molecule has 1 aromatic carbocycles. The zero-order valence-electron chi connectivity index (χ0n) is 9.90. The Labute approximate surface area is 105 Å². The Kier molecular flexibility index (Phi) is 3.59. The van der Waals surface area contributed by atoms with Crippen LogP contribution in [0.4, 0.5) is 0 Å². The number of rotatable bonds is 4. The molecule has 0 atom stereocenters. The fourth-order valence-corrected chi connectivity index (χ4v) is 2.32. The first-order chi connectivity index (χ1) is 8.22. The Morgan fingerprint density at radius 1 is 1.35 bits per heavy atom. The molecule has 0 radical (unpaired) electrons. The van der Waals surface area contributed by atoms with Gasteiger partial charge in [-0.2, -0.15) is 0 Å². The highest BCUT2D eigenvalue weighted by Crippen LogP contribution is 2.25. The standard InChI is InChI=1S/C14H14O2S/c1-3-16-12-7-6-10(2)9-11(12)14(15)13-5-4-8-17-13/h4-9H,3H2,1-2H3. The molecule has 1 heterocycles. The van der Waals surface area contributed by atoms with Crippen LogP contribution >= 0.6 is 11.3 Å². The highest BCUT2D eigenvalue weighted by molar-refractivity contribution is 7.12. The lowest BCUT2D eigenvalue weighted by Crippen LogP contribution is -2.04. The minimum absolute atomic E-state index is 0.0344. The second-order valence-corrected chi connectivity index (χ2v) is 4.69. The molecule has 0 aliphatic heterocycles. The molecule has 1 aromatic heterocycles. The highest BCUT2D eigenvalue weighted by Gasteiger charge is 2.15. The molecule has 0 N–H and O–H groups in total. The van der Waals surface area contributed by atoms with Crippen molar-refractivity contribution in [3.05, 3.63) is 51.7 Å². The molecule has 0 amide bonds. The van der Waals surface area contributed by atoms with Gasteiger partial charge >= 0.3 is 0 Å². The van der Waals surface area contributed by atoms with Crippen molar-refractivity contribution in [2.75, 3.05) is 6.61 Å². The molecule has 0 aliphatic rings. The minimum atomic E-state index is 0.0344. The Bertz CT molecular complexity index is 515. The van der Waals surface area contributed by atoms with E-state index in [9.17, 15) is 4.79 Å². The van der Waals surface area contributed by atoms with E-state index in [1.807, 2.05) is 49.6 Å². The lowest BCUT2D eigenvalue weighted by Gasteiger charge is -2.09. The number of benzene rings is 1. The molecule has 0 saturated carbocycles. The van der Waals surface area contributed by atoms with Crippen LogP contribution in [-0.2, 0) is 0 Å². The molecule has 0 bridgehead atoms. The van der Waals surface area contributed by atoms with Crippen molar-refractivity contribution in [2.45, 2.75) is 13.8 Å². The van der Waals surface area contributed by atoms with E-state index in [1.165, 1.54) is 11.3 Å². The summed E-state index contributed by atoms with van der Waals surface area (Å²) in [5, 5.41) is 1.91. The van der Waals surface area contributed by atoms with Crippen molar-refractivity contribution >= 4 is 17.1 Å². The van der Waals surface area contributed by atoms with E-state index in [2.05, 4.69) is 0 Å². The summed E-state index contributed by atoms with van der Waals surface area (Å²) in [7, 11) is 0. The van der Waals surface area contributed by atoms with E-state index < -0.39 is 0 Å². The first kappa shape index (κ1) is 11.9. The van der Waals surface area contributed by atoms with E-state index in [1.54, 1.807) is 0 Å². The topological polar surface area (TPSA) is 26.3 Å². The maximum Gasteiger partial charge on any atom is 0.206 e. The molecule has 2 nitrogen and oxygen atoms in total. The number of hydrogen-bond acceptors (Lipinski definition) is 3. The molecular weight excluding hydrogens is 232 g/mol. The van der Waals surface area contributed by atoms with Gasteiger partial charge in [0.2, 0.25) is 5.78 Å². The molecule has 0 spiro atoms. The zero-order valence-corrected chi connectivity index (χ0v) is 10.7. The van der Waals surface area contributed by atoms with Gasteiger partial charge in [0.25, 0.3) is 0 Å². The van der Waals surface area contributed by atoms with Gasteiger partial charge in [0.1, 0.15) is 5.75 Å². The van der Waals surface area contributed by atoms with Crippen molar-refractivity contribution in [2.24, 2.45) is 0 Å². The van der Waals surface area contributed by atoms with E-state index >= 15 is 0 Å². The monoisotopic (exact) mass is 246 g/mol. The molecule has 0 fully saturated rings. The largest absolute Gasteiger partial charge is 0.493 e. The summed E-state index contributed by atoms with van der Waals surface area (Å²) in [5.74, 6) is 0.698. The number of hydrogen-bond donors (Lipinski definition) is 0. The van der Waals surface area contributed by atoms with Crippen molar-refractivity contribution in [1.82, 2.24) is 0 Å². The summed E-state index contributed by atoms with van der Waals surface area (Å²) in [6, 6.07) is 9.42. The fourth-order valence-electron chi connectivity index (χ4n) is 1.64. The van der Waals surface area contributed by atoms with Crippen LogP contribution in [0.1, 0.15) is 27.7 Å². The predicted octanol–water partition coefficient (Wildman–Crippen LogP) is 3.69. The van der Waals surface area contributed by atoms with E-state index in [0.717, 1.165) is 10.4 Å². The number of thiophene rings is 1. The van der Waals surface area contributed by atoms with Gasteiger partial charge in [-0.3, -0.25) is 4.79 Å². The zero-order chi connectivity index (χ0) is 12.3. The predicted molar refractivity (Wildman–Crippen MR) is 70.1 cm³/mol. The third kappa shape index (κ3) is 2.56. The summed E-state index contributed by atoms with van der Waals surface area (Å²) < 4.78 is 5.49. The number of ether oxygens (including phenoxy) is 1. The highest BCUT2D eigenvalue weighted by atomic mass is 32.1. The SMILES string of the molecule is CCOc1ccc(C)cc1C(=O)c1cccs1. The summed E-state index contributed by atoms with van der Waals surface area (Å²) in [6.07, 6.45) is 0. The fraction of sp³-hybridized carbons (Fsp3) is 0.214. The van der Waals surface area contributed by atoms with Crippen LogP contribution in [0, 0.1) is 6.92 Å². The average molecular weight is 246 g/mol. The van der Waals surface area contributed by atoms with Crippen LogP contribution in [0.2, 0.25) is 0 Å². The van der Waals surface area contributed by atoms with Gasteiger partial charge in [-0.05, 0) is 37.4 Å². The van der Waals surface area contributed by atoms with Gasteiger partial charge < -0.3 is 4.74 Å². The number of carbonyl (C=O) groups excluding carboxylic acids is 1. The lowest BCUT2D eigenvalue weighted by molar-refractivity contribution is 0.103. The maximum absolute atomic E-state index is 12.3. The second-order valence-electron chi connectivity index (χ2n) is 3.74. The third-order valence-electron chi connectivity index (χ3n) is 2.42. The molecule has 2 rings (SSSR count). The molecule has 17 heavy (non-hydrogen) atoms. The van der Waals surface area contributed by atoms with Crippen molar-refractivity contribution < 1.29 is 9.53 Å². The maximum atomic E-state index is 12.3. The summed E-state index contributed by atoms with van der Waals surface area (Å²) >= 11 is 1.45. The Balaban J connectivity index is 2.42. The van der Waals surface area contributed by atoms with E-state index in [0.29, 0.717) is 17.9 Å². The normalized spacial score (nSPS) is 10.2. The van der Waals surface area contributed by atoms with Gasteiger partial charge in [-0.15, -0.1) is 11.3 Å². The summed E-state index contributed by atoms with van der Waals surface area (Å²) in [4.78, 5) is 13.0. The average Bonchev–Trinajstić information content (AvgIpc) is 2.84. The molecule has 3 heteroatoms. The van der Waals surface area contributed by atoms with Crippen LogP contribution in [0.15, 0.2) is 35.7 Å². The second kappa shape index (κ2) is 5.15. The van der Waals surface area contributed by atoms with Crippen molar-refractivity contribution in [3.63, 3.8) is 0 Å². The number of ketones is 1. The van der Waals surface area contributed by atoms with Gasteiger partial charge in [-0.1, -0.05) is 17.7 Å². The molecule has 0 saturated heterocycles. The first-order valence-corrected chi connectivity index (χ1v) is 6.42. The Morgan fingerprint density at radius 2 is 2.18 bits per heavy atom. The number of aryl methyl sites for hydroxylation is 1. The molecule has 0 aliphatic carbocycles. The van der Waals surface area contributed by atoms with E-state index in [4.69, 9.17) is 4.74 Å². The number of carbonyl (C=O) groups is 1. The van der Waals surface area contributed by atoms with Crippen LogP contribution in [0.25, 0.3) is 0 Å². The molecular formula is C14H14O2S. The van der Waals surface area contributed by atoms with Crippen LogP contribution in [0.3, 0.4) is 0 Å². The third-order valence-corrected chi connectivity index (χ3v) is 3.29. The first-order valence-electron chi connectivity index (χ1n) is 5.54. The van der Waals surface area contributed by atoms with Gasteiger partial charge in [0.15, 0.2) is 0 Å². The molecule has 88 valence electrons. The minimum Gasteiger partial charge on any atom is -0.493 e. The Morgan fingerprint density at radius 3 is 2.82 bits per heavy atom. The summed E-state index contributed by atoms with van der Waals surface area (Å²) in [6.45, 7) is 4.45. The van der Waals surface area contributed by atoms with Gasteiger partial charge in [-0.25, -0.2) is 0 Å². The molecule has 2 aromatic rings. The smallest absolute Gasteiger partial charge is 0.206 e. The summed E-state index contributed by atoms with van der Waals surface area (Å²) in [5.41, 5.74) is 1.71.